The van der Waals surface area contributed by atoms with Crippen LogP contribution in [0.3, 0.4) is 0 Å². The number of fused-ring (bicyclic) bond motifs is 2. The zero-order chi connectivity index (χ0) is 12.3. The van der Waals surface area contributed by atoms with Crippen LogP contribution in [0.1, 0.15) is 20.3 Å². The van der Waals surface area contributed by atoms with Gasteiger partial charge in [-0.3, -0.25) is 9.80 Å². The van der Waals surface area contributed by atoms with Crippen LogP contribution >= 0.6 is 0 Å². The first-order valence-electron chi connectivity index (χ1n) is 6.79. The van der Waals surface area contributed by atoms with Crippen molar-refractivity contribution in [2.24, 2.45) is 0 Å². The highest BCUT2D eigenvalue weighted by Crippen LogP contribution is 2.29. The number of nitrogens with zero attached hydrogens (tertiary/aromatic N) is 2. The van der Waals surface area contributed by atoms with E-state index in [1.807, 2.05) is 0 Å². The Balaban J connectivity index is 1.67. The first kappa shape index (κ1) is 13.3. The Morgan fingerprint density at radius 3 is 2.12 bits per heavy atom. The highest BCUT2D eigenvalue weighted by molar-refractivity contribution is 4.99. The summed E-state index contributed by atoms with van der Waals surface area (Å²) in [5.74, 6) is 0. The lowest BCUT2D eigenvalue weighted by Crippen LogP contribution is -2.48. The summed E-state index contributed by atoms with van der Waals surface area (Å²) >= 11 is 0. The third kappa shape index (κ3) is 3.41. The molecule has 0 aliphatic carbocycles. The summed E-state index contributed by atoms with van der Waals surface area (Å²) in [5.41, 5.74) is 0. The van der Waals surface area contributed by atoms with Gasteiger partial charge in [0, 0.05) is 45.4 Å². The van der Waals surface area contributed by atoms with Crippen molar-refractivity contribution in [3.8, 4) is 0 Å². The van der Waals surface area contributed by atoms with E-state index >= 15 is 0 Å². The van der Waals surface area contributed by atoms with Crippen LogP contribution in [0, 0.1) is 0 Å². The van der Waals surface area contributed by atoms with Crippen molar-refractivity contribution in [3.63, 3.8) is 0 Å². The van der Waals surface area contributed by atoms with E-state index in [4.69, 9.17) is 9.47 Å². The fourth-order valence-corrected chi connectivity index (χ4v) is 2.99. The maximum Gasteiger partial charge on any atom is 0.0597 e. The van der Waals surface area contributed by atoms with Crippen LogP contribution in [-0.4, -0.2) is 74.5 Å². The van der Waals surface area contributed by atoms with Gasteiger partial charge in [0.05, 0.1) is 19.3 Å². The molecule has 2 heterocycles. The first-order valence-corrected chi connectivity index (χ1v) is 6.79. The van der Waals surface area contributed by atoms with E-state index in [0.29, 0.717) is 6.10 Å². The highest BCUT2D eigenvalue weighted by atomic mass is 16.5. The van der Waals surface area contributed by atoms with Crippen molar-refractivity contribution >= 4 is 0 Å². The maximum absolute atomic E-state index is 5.63. The molecular weight excluding hydrogens is 216 g/mol. The van der Waals surface area contributed by atoms with Gasteiger partial charge in [0.2, 0.25) is 0 Å². The average molecular weight is 242 g/mol. The molecule has 2 fully saturated rings. The SMILES string of the molecule is COCCN1C[C@@H]2C[C@H]1CN2CCOC(C)C. The van der Waals surface area contributed by atoms with Gasteiger partial charge in [0.15, 0.2) is 0 Å². The van der Waals surface area contributed by atoms with E-state index in [1.165, 1.54) is 19.5 Å². The van der Waals surface area contributed by atoms with Gasteiger partial charge in [-0.15, -0.1) is 0 Å². The molecule has 2 saturated heterocycles. The summed E-state index contributed by atoms with van der Waals surface area (Å²) in [7, 11) is 1.78. The number of rotatable bonds is 7. The molecule has 0 aromatic heterocycles. The van der Waals surface area contributed by atoms with Crippen molar-refractivity contribution in [3.05, 3.63) is 0 Å². The Labute approximate surface area is 105 Å². The van der Waals surface area contributed by atoms with Crippen LogP contribution in [0.25, 0.3) is 0 Å². The molecular formula is C13H26N2O2. The molecule has 4 nitrogen and oxygen atoms in total. The van der Waals surface area contributed by atoms with Gasteiger partial charge in [0.1, 0.15) is 0 Å². The highest BCUT2D eigenvalue weighted by Gasteiger charge is 2.42. The third-order valence-electron chi connectivity index (χ3n) is 3.88. The van der Waals surface area contributed by atoms with Crippen molar-refractivity contribution in [1.82, 2.24) is 9.80 Å². The molecule has 0 radical (unpaired) electrons. The third-order valence-corrected chi connectivity index (χ3v) is 3.88. The zero-order valence-electron chi connectivity index (χ0n) is 11.4. The second-order valence-corrected chi connectivity index (χ2v) is 5.45. The van der Waals surface area contributed by atoms with Crippen molar-refractivity contribution in [2.45, 2.75) is 38.5 Å². The van der Waals surface area contributed by atoms with Crippen molar-refractivity contribution in [2.75, 3.05) is 46.5 Å². The van der Waals surface area contributed by atoms with Gasteiger partial charge >= 0.3 is 0 Å². The summed E-state index contributed by atoms with van der Waals surface area (Å²) in [6, 6.07) is 1.52. The molecule has 2 rings (SSSR count). The van der Waals surface area contributed by atoms with Crippen LogP contribution in [0.15, 0.2) is 0 Å². The van der Waals surface area contributed by atoms with Crippen LogP contribution in [0.2, 0.25) is 0 Å². The molecule has 2 bridgehead atoms. The molecule has 2 aliphatic rings. The average Bonchev–Trinajstić information content (AvgIpc) is 2.85. The molecule has 0 N–H and O–H groups in total. The molecule has 0 aromatic carbocycles. The summed E-state index contributed by atoms with van der Waals surface area (Å²) in [6.07, 6.45) is 1.69. The largest absolute Gasteiger partial charge is 0.383 e. The lowest BCUT2D eigenvalue weighted by molar-refractivity contribution is 0.0391. The molecule has 2 aliphatic heterocycles. The normalized spacial score (nSPS) is 29.6. The minimum Gasteiger partial charge on any atom is -0.383 e. The zero-order valence-corrected chi connectivity index (χ0v) is 11.4. The molecule has 17 heavy (non-hydrogen) atoms. The van der Waals surface area contributed by atoms with E-state index in [1.54, 1.807) is 7.11 Å². The standard InChI is InChI=1S/C13H26N2O2/c1-11(2)17-7-5-15-10-12-8-13(15)9-14(12)4-6-16-3/h11-13H,4-10H2,1-3H3/t12-,13-/m0/s1. The van der Waals surface area contributed by atoms with E-state index in [2.05, 4.69) is 23.6 Å². The predicted molar refractivity (Wildman–Crippen MR) is 68.3 cm³/mol. The maximum atomic E-state index is 5.63. The Bertz CT molecular complexity index is 235. The molecule has 0 aromatic rings. The van der Waals surface area contributed by atoms with Gasteiger partial charge in [-0.2, -0.15) is 0 Å². The lowest BCUT2D eigenvalue weighted by Gasteiger charge is -2.34. The molecule has 0 amide bonds. The lowest BCUT2D eigenvalue weighted by atomic mass is 10.2. The molecule has 2 atom stereocenters. The number of piperazine rings is 1. The van der Waals surface area contributed by atoms with Crippen molar-refractivity contribution in [1.29, 1.82) is 0 Å². The van der Waals surface area contributed by atoms with Crippen LogP contribution in [0.5, 0.6) is 0 Å². The number of likely N-dealkylation sites (tertiary alicyclic amines) is 2. The number of ether oxygens (including phenoxy) is 2. The van der Waals surface area contributed by atoms with Gasteiger partial charge < -0.3 is 9.47 Å². The van der Waals surface area contributed by atoms with Gasteiger partial charge in [0.25, 0.3) is 0 Å². The Morgan fingerprint density at radius 1 is 1.06 bits per heavy atom. The topological polar surface area (TPSA) is 24.9 Å². The number of methoxy groups -OCH3 is 1. The quantitative estimate of drug-likeness (QED) is 0.660. The number of hydrogen-bond acceptors (Lipinski definition) is 4. The minimum absolute atomic E-state index is 0.355. The van der Waals surface area contributed by atoms with E-state index in [9.17, 15) is 0 Å². The molecule has 0 spiro atoms. The fourth-order valence-electron chi connectivity index (χ4n) is 2.99. The predicted octanol–water partition coefficient (Wildman–Crippen LogP) is 0.816. The van der Waals surface area contributed by atoms with Crippen molar-refractivity contribution < 1.29 is 9.47 Å². The summed E-state index contributed by atoms with van der Waals surface area (Å²) in [6.45, 7) is 10.6. The minimum atomic E-state index is 0.355. The van der Waals surface area contributed by atoms with Crippen LogP contribution in [-0.2, 0) is 9.47 Å². The fraction of sp³-hybridized carbons (Fsp3) is 1.00. The van der Waals surface area contributed by atoms with Crippen LogP contribution in [0.4, 0.5) is 0 Å². The smallest absolute Gasteiger partial charge is 0.0597 e. The Kier molecular flexibility index (Phi) is 4.79. The Morgan fingerprint density at radius 2 is 1.65 bits per heavy atom. The first-order chi connectivity index (χ1) is 8.20. The Hall–Kier alpha value is -0.160. The summed E-state index contributed by atoms with van der Waals surface area (Å²) in [5, 5.41) is 0. The van der Waals surface area contributed by atoms with E-state index < -0.39 is 0 Å². The monoisotopic (exact) mass is 242 g/mol. The van der Waals surface area contributed by atoms with E-state index in [-0.39, 0.29) is 0 Å². The molecule has 0 unspecified atom stereocenters. The van der Waals surface area contributed by atoms with Gasteiger partial charge in [-0.25, -0.2) is 0 Å². The van der Waals surface area contributed by atoms with Crippen LogP contribution < -0.4 is 0 Å². The van der Waals surface area contributed by atoms with Gasteiger partial charge in [-0.1, -0.05) is 0 Å². The number of hydrogen-bond donors (Lipinski definition) is 0. The molecule has 100 valence electrons. The summed E-state index contributed by atoms with van der Waals surface area (Å²) in [4.78, 5) is 5.17. The molecule has 4 heteroatoms. The molecule has 0 saturated carbocycles. The second-order valence-electron chi connectivity index (χ2n) is 5.45. The summed E-state index contributed by atoms with van der Waals surface area (Å²) < 4.78 is 10.8. The van der Waals surface area contributed by atoms with Gasteiger partial charge in [-0.05, 0) is 20.3 Å². The second kappa shape index (κ2) is 6.14. The van der Waals surface area contributed by atoms with E-state index in [0.717, 1.165) is 38.4 Å².